The van der Waals surface area contributed by atoms with E-state index in [4.69, 9.17) is 11.6 Å². The van der Waals surface area contributed by atoms with Crippen LogP contribution in [0.15, 0.2) is 48.5 Å². The van der Waals surface area contributed by atoms with Crippen molar-refractivity contribution in [1.82, 2.24) is 5.32 Å². The minimum Gasteiger partial charge on any atom is -0.294 e. The summed E-state index contributed by atoms with van der Waals surface area (Å²) in [5.41, 5.74) is 3.07. The molecule has 0 spiro atoms. The summed E-state index contributed by atoms with van der Waals surface area (Å²) in [7, 11) is 0. The van der Waals surface area contributed by atoms with Crippen molar-refractivity contribution in [1.29, 1.82) is 5.26 Å². The van der Waals surface area contributed by atoms with Crippen molar-refractivity contribution in [2.45, 2.75) is 19.5 Å². The second-order valence-electron chi connectivity index (χ2n) is 4.44. The first-order valence-corrected chi connectivity index (χ1v) is 6.51. The van der Waals surface area contributed by atoms with Crippen LogP contribution in [0.4, 0.5) is 0 Å². The fourth-order valence-corrected chi connectivity index (χ4v) is 2.03. The predicted octanol–water partition coefficient (Wildman–Crippen LogP) is 4.00. The lowest BCUT2D eigenvalue weighted by Crippen LogP contribution is -2.19. The van der Waals surface area contributed by atoms with Crippen LogP contribution in [0, 0.1) is 18.3 Å². The number of halogens is 1. The molecule has 0 heterocycles. The van der Waals surface area contributed by atoms with Gasteiger partial charge in [-0.2, -0.15) is 5.26 Å². The van der Waals surface area contributed by atoms with Crippen molar-refractivity contribution >= 4 is 11.6 Å². The Morgan fingerprint density at radius 3 is 2.58 bits per heavy atom. The van der Waals surface area contributed by atoms with E-state index >= 15 is 0 Å². The number of aryl methyl sites for hydroxylation is 1. The SMILES string of the molecule is Cc1ccc(C(C#N)NCc2ccccc2)cc1Cl. The first kappa shape index (κ1) is 13.6. The topological polar surface area (TPSA) is 35.8 Å². The molecule has 0 aromatic heterocycles. The largest absolute Gasteiger partial charge is 0.294 e. The number of nitrogens with zero attached hydrogens (tertiary/aromatic N) is 1. The summed E-state index contributed by atoms with van der Waals surface area (Å²) in [6.45, 7) is 2.61. The highest BCUT2D eigenvalue weighted by atomic mass is 35.5. The molecular formula is C16H15ClN2. The molecule has 1 unspecified atom stereocenters. The zero-order chi connectivity index (χ0) is 13.7. The van der Waals surface area contributed by atoms with Gasteiger partial charge in [-0.05, 0) is 29.7 Å². The number of rotatable bonds is 4. The van der Waals surface area contributed by atoms with Crippen molar-refractivity contribution in [2.75, 3.05) is 0 Å². The summed E-state index contributed by atoms with van der Waals surface area (Å²) in [5.74, 6) is 0. The minimum atomic E-state index is -0.349. The van der Waals surface area contributed by atoms with E-state index in [9.17, 15) is 5.26 Å². The van der Waals surface area contributed by atoms with Crippen LogP contribution in [0.3, 0.4) is 0 Å². The monoisotopic (exact) mass is 270 g/mol. The van der Waals surface area contributed by atoms with Crippen LogP contribution in [0.2, 0.25) is 5.02 Å². The second kappa shape index (κ2) is 6.38. The highest BCUT2D eigenvalue weighted by molar-refractivity contribution is 6.31. The predicted molar refractivity (Wildman–Crippen MR) is 77.8 cm³/mol. The molecule has 0 fully saturated rings. The second-order valence-corrected chi connectivity index (χ2v) is 4.84. The van der Waals surface area contributed by atoms with E-state index in [1.807, 2.05) is 55.5 Å². The van der Waals surface area contributed by atoms with Crippen molar-refractivity contribution < 1.29 is 0 Å². The fourth-order valence-electron chi connectivity index (χ4n) is 1.84. The maximum atomic E-state index is 9.26. The summed E-state index contributed by atoms with van der Waals surface area (Å²) in [4.78, 5) is 0. The van der Waals surface area contributed by atoms with Crippen LogP contribution in [0.5, 0.6) is 0 Å². The molecule has 0 radical (unpaired) electrons. The number of benzene rings is 2. The highest BCUT2D eigenvalue weighted by Crippen LogP contribution is 2.21. The Labute approximate surface area is 118 Å². The van der Waals surface area contributed by atoms with Gasteiger partial charge >= 0.3 is 0 Å². The summed E-state index contributed by atoms with van der Waals surface area (Å²) < 4.78 is 0. The molecule has 2 rings (SSSR count). The molecule has 0 aliphatic rings. The lowest BCUT2D eigenvalue weighted by molar-refractivity contribution is 0.630. The maximum absolute atomic E-state index is 9.26. The third-order valence-electron chi connectivity index (χ3n) is 3.01. The average molecular weight is 271 g/mol. The molecule has 0 aliphatic carbocycles. The van der Waals surface area contributed by atoms with E-state index in [0.717, 1.165) is 16.7 Å². The van der Waals surface area contributed by atoms with Crippen molar-refractivity contribution in [2.24, 2.45) is 0 Å². The first-order chi connectivity index (χ1) is 9.20. The normalized spacial score (nSPS) is 11.8. The van der Waals surface area contributed by atoms with E-state index < -0.39 is 0 Å². The number of hydrogen-bond acceptors (Lipinski definition) is 2. The van der Waals surface area contributed by atoms with Gasteiger partial charge in [-0.15, -0.1) is 0 Å². The molecule has 96 valence electrons. The zero-order valence-corrected chi connectivity index (χ0v) is 11.5. The molecule has 0 amide bonds. The van der Waals surface area contributed by atoms with Gasteiger partial charge in [0, 0.05) is 11.6 Å². The Morgan fingerprint density at radius 1 is 1.21 bits per heavy atom. The Bertz CT molecular complexity index is 587. The third kappa shape index (κ3) is 3.57. The van der Waals surface area contributed by atoms with E-state index in [2.05, 4.69) is 11.4 Å². The van der Waals surface area contributed by atoms with Gasteiger partial charge in [-0.25, -0.2) is 0 Å². The molecule has 3 heteroatoms. The van der Waals surface area contributed by atoms with E-state index in [0.29, 0.717) is 11.6 Å². The number of hydrogen-bond donors (Lipinski definition) is 1. The van der Waals surface area contributed by atoms with Gasteiger partial charge in [0.2, 0.25) is 0 Å². The smallest absolute Gasteiger partial charge is 0.121 e. The molecule has 2 aromatic rings. The van der Waals surface area contributed by atoms with Gasteiger partial charge < -0.3 is 0 Å². The summed E-state index contributed by atoms with van der Waals surface area (Å²) in [5, 5.41) is 13.2. The molecular weight excluding hydrogens is 256 g/mol. The summed E-state index contributed by atoms with van der Waals surface area (Å²) in [6.07, 6.45) is 0. The molecule has 0 saturated heterocycles. The van der Waals surface area contributed by atoms with Gasteiger partial charge in [-0.3, -0.25) is 5.32 Å². The van der Waals surface area contributed by atoms with Gasteiger partial charge in [0.05, 0.1) is 6.07 Å². The van der Waals surface area contributed by atoms with E-state index in [1.165, 1.54) is 0 Å². The van der Waals surface area contributed by atoms with Crippen molar-refractivity contribution in [3.8, 4) is 6.07 Å². The van der Waals surface area contributed by atoms with Crippen LogP contribution in [-0.2, 0) is 6.54 Å². The van der Waals surface area contributed by atoms with Crippen LogP contribution < -0.4 is 5.32 Å². The van der Waals surface area contributed by atoms with Crippen molar-refractivity contribution in [3.05, 3.63) is 70.2 Å². The maximum Gasteiger partial charge on any atom is 0.121 e. The van der Waals surface area contributed by atoms with Crippen LogP contribution >= 0.6 is 11.6 Å². The van der Waals surface area contributed by atoms with E-state index in [1.54, 1.807) is 0 Å². The Hall–Kier alpha value is -1.82. The highest BCUT2D eigenvalue weighted by Gasteiger charge is 2.10. The summed E-state index contributed by atoms with van der Waals surface area (Å²) >= 11 is 6.09. The molecule has 2 nitrogen and oxygen atoms in total. The lowest BCUT2D eigenvalue weighted by atomic mass is 10.1. The number of nitriles is 1. The van der Waals surface area contributed by atoms with Gasteiger partial charge in [-0.1, -0.05) is 54.1 Å². The molecule has 2 aromatic carbocycles. The summed E-state index contributed by atoms with van der Waals surface area (Å²) in [6, 6.07) is 17.7. The minimum absolute atomic E-state index is 0.349. The van der Waals surface area contributed by atoms with Gasteiger partial charge in [0.1, 0.15) is 6.04 Å². The third-order valence-corrected chi connectivity index (χ3v) is 3.42. The van der Waals surface area contributed by atoms with E-state index in [-0.39, 0.29) is 6.04 Å². The van der Waals surface area contributed by atoms with Crippen LogP contribution in [-0.4, -0.2) is 0 Å². The number of nitrogens with one attached hydrogen (secondary N) is 1. The van der Waals surface area contributed by atoms with Crippen LogP contribution in [0.1, 0.15) is 22.7 Å². The fraction of sp³-hybridized carbons (Fsp3) is 0.188. The molecule has 1 atom stereocenters. The lowest BCUT2D eigenvalue weighted by Gasteiger charge is -2.13. The Morgan fingerprint density at radius 2 is 1.95 bits per heavy atom. The molecule has 0 aliphatic heterocycles. The average Bonchev–Trinajstić information content (AvgIpc) is 2.44. The molecule has 0 saturated carbocycles. The van der Waals surface area contributed by atoms with Gasteiger partial charge in [0.25, 0.3) is 0 Å². The molecule has 1 N–H and O–H groups in total. The quantitative estimate of drug-likeness (QED) is 0.911. The zero-order valence-electron chi connectivity index (χ0n) is 10.7. The van der Waals surface area contributed by atoms with Crippen LogP contribution in [0.25, 0.3) is 0 Å². The standard InChI is InChI=1S/C16H15ClN2/c1-12-7-8-14(9-15(12)17)16(10-18)19-11-13-5-3-2-4-6-13/h2-9,16,19H,11H2,1H3. The molecule has 0 bridgehead atoms. The first-order valence-electron chi connectivity index (χ1n) is 6.13. The van der Waals surface area contributed by atoms with Crippen molar-refractivity contribution in [3.63, 3.8) is 0 Å². The molecule has 19 heavy (non-hydrogen) atoms. The van der Waals surface area contributed by atoms with Gasteiger partial charge in [0.15, 0.2) is 0 Å². The Balaban J connectivity index is 2.08. The Kier molecular flexibility index (Phi) is 4.57.